The fourth-order valence-corrected chi connectivity index (χ4v) is 4.26. The lowest BCUT2D eigenvalue weighted by Crippen LogP contribution is -2.34. The number of hydrogen-bond donors (Lipinski definition) is 0. The molecule has 0 aromatic heterocycles. The van der Waals surface area contributed by atoms with Crippen molar-refractivity contribution in [3.05, 3.63) is 56.0 Å². The van der Waals surface area contributed by atoms with Gasteiger partial charge in [0.05, 0.1) is 42.8 Å². The lowest BCUT2D eigenvalue weighted by molar-refractivity contribution is 0.931. The maximum Gasteiger partial charge on any atom is 0.155 e. The summed E-state index contributed by atoms with van der Waals surface area (Å²) in [5.74, 6) is 2.01. The molecule has 2 heterocycles. The number of benzene rings is 2. The maximum absolute atomic E-state index is 6.23. The van der Waals surface area contributed by atoms with Gasteiger partial charge < -0.3 is 19.6 Å². The minimum Gasteiger partial charge on any atom is -0.326 e. The first-order valence-electron chi connectivity index (χ1n) is 7.89. The van der Waals surface area contributed by atoms with Crippen LogP contribution >= 0.6 is 46.4 Å². The van der Waals surface area contributed by atoms with E-state index >= 15 is 0 Å². The highest BCUT2D eigenvalue weighted by Crippen LogP contribution is 2.49. The van der Waals surface area contributed by atoms with E-state index in [1.165, 1.54) is 0 Å². The van der Waals surface area contributed by atoms with Crippen molar-refractivity contribution in [1.29, 1.82) is 0 Å². The summed E-state index contributed by atoms with van der Waals surface area (Å²) in [5, 5.41) is 2.14. The second kappa shape index (κ2) is 6.03. The van der Waals surface area contributed by atoms with Crippen LogP contribution < -0.4 is 19.6 Å². The summed E-state index contributed by atoms with van der Waals surface area (Å²) >= 11 is 24.9. The summed E-state index contributed by atoms with van der Waals surface area (Å²) in [6.07, 6.45) is 0. The molecule has 8 heteroatoms. The largest absolute Gasteiger partial charge is 0.326 e. The molecular formula is C18H16Cl4N4. The predicted molar refractivity (Wildman–Crippen MR) is 114 cm³/mol. The molecule has 0 amide bonds. The van der Waals surface area contributed by atoms with Crippen molar-refractivity contribution in [2.24, 2.45) is 0 Å². The van der Waals surface area contributed by atoms with Crippen molar-refractivity contribution in [3.63, 3.8) is 0 Å². The highest BCUT2D eigenvalue weighted by Gasteiger charge is 2.37. The van der Waals surface area contributed by atoms with E-state index in [1.807, 2.05) is 52.5 Å². The Morgan fingerprint density at radius 2 is 0.654 bits per heavy atom. The van der Waals surface area contributed by atoms with Gasteiger partial charge in [-0.2, -0.15) is 0 Å². The fraction of sp³-hybridized carbons (Fsp3) is 0.222. The van der Waals surface area contributed by atoms with Crippen LogP contribution in [0.4, 0.5) is 22.7 Å². The highest BCUT2D eigenvalue weighted by molar-refractivity contribution is 6.43. The van der Waals surface area contributed by atoms with Crippen LogP contribution in [0.2, 0.25) is 20.1 Å². The van der Waals surface area contributed by atoms with E-state index in [2.05, 4.69) is 19.6 Å². The summed E-state index contributed by atoms with van der Waals surface area (Å²) in [5.41, 5.74) is 3.99. The number of hydrogen-bond acceptors (Lipinski definition) is 4. The van der Waals surface area contributed by atoms with E-state index in [1.54, 1.807) is 0 Å². The molecule has 0 spiro atoms. The Bertz CT molecular complexity index is 821. The van der Waals surface area contributed by atoms with Gasteiger partial charge in [0, 0.05) is 28.2 Å². The molecule has 0 aliphatic carbocycles. The Kier molecular flexibility index (Phi) is 4.16. The van der Waals surface area contributed by atoms with Gasteiger partial charge in [-0.3, -0.25) is 0 Å². The summed E-state index contributed by atoms with van der Waals surface area (Å²) in [6, 6.07) is 7.55. The fourth-order valence-electron chi connectivity index (χ4n) is 3.63. The average molecular weight is 430 g/mol. The second-order valence-corrected chi connectivity index (χ2v) is 8.02. The van der Waals surface area contributed by atoms with Crippen LogP contribution in [0.5, 0.6) is 0 Å². The molecule has 26 heavy (non-hydrogen) atoms. The normalized spacial score (nSPS) is 16.0. The molecule has 0 saturated heterocycles. The third-order valence-electron chi connectivity index (χ3n) is 4.95. The Hall–Kier alpha value is -1.46. The monoisotopic (exact) mass is 428 g/mol. The molecule has 2 aliphatic rings. The van der Waals surface area contributed by atoms with Crippen LogP contribution in [0.15, 0.2) is 35.9 Å². The molecule has 0 unspecified atom stereocenters. The molecule has 0 fully saturated rings. The first-order valence-corrected chi connectivity index (χ1v) is 9.40. The Labute approximate surface area is 172 Å². The molecule has 4 rings (SSSR count). The molecule has 2 aromatic carbocycles. The first-order chi connectivity index (χ1) is 12.2. The van der Waals surface area contributed by atoms with Gasteiger partial charge in [0.2, 0.25) is 0 Å². The number of rotatable bonds is 0. The lowest BCUT2D eigenvalue weighted by Gasteiger charge is -2.27. The Balaban J connectivity index is 1.90. The van der Waals surface area contributed by atoms with Crippen molar-refractivity contribution >= 4 is 69.2 Å². The molecule has 0 radical (unpaired) electrons. The quantitative estimate of drug-likeness (QED) is 0.516. The van der Waals surface area contributed by atoms with Gasteiger partial charge in [0.25, 0.3) is 0 Å². The molecule has 0 saturated carbocycles. The molecule has 2 aromatic rings. The van der Waals surface area contributed by atoms with E-state index < -0.39 is 0 Å². The zero-order valence-electron chi connectivity index (χ0n) is 14.6. The zero-order chi connectivity index (χ0) is 18.9. The van der Waals surface area contributed by atoms with Crippen molar-refractivity contribution in [3.8, 4) is 0 Å². The van der Waals surface area contributed by atoms with Crippen molar-refractivity contribution in [2.45, 2.75) is 0 Å². The number of anilines is 4. The highest BCUT2D eigenvalue weighted by atomic mass is 35.5. The van der Waals surface area contributed by atoms with Crippen molar-refractivity contribution in [1.82, 2.24) is 0 Å². The molecule has 0 atom stereocenters. The molecule has 0 bridgehead atoms. The molecule has 0 N–H and O–H groups in total. The van der Waals surface area contributed by atoms with Gasteiger partial charge in [-0.05, 0) is 24.3 Å². The van der Waals surface area contributed by atoms with E-state index in [9.17, 15) is 0 Å². The van der Waals surface area contributed by atoms with Gasteiger partial charge in [-0.25, -0.2) is 0 Å². The summed E-state index contributed by atoms with van der Waals surface area (Å²) in [4.78, 5) is 8.42. The average Bonchev–Trinajstić information content (AvgIpc) is 2.95. The second-order valence-electron chi connectivity index (χ2n) is 6.39. The van der Waals surface area contributed by atoms with Gasteiger partial charge in [0.1, 0.15) is 0 Å². The smallest absolute Gasteiger partial charge is 0.155 e. The standard InChI is InChI=1S/C18H16Cl4N4/c1-23-13-5-9(19)10(20)6-14(13)24(2)17(23)18-25(3)15-7-11(21)12(22)8-16(15)26(18)4/h5-8H,1-4H3. The third-order valence-corrected chi connectivity index (χ3v) is 6.40. The first kappa shape index (κ1) is 17.9. The van der Waals surface area contributed by atoms with Gasteiger partial charge in [-0.1, -0.05) is 46.4 Å². The zero-order valence-corrected chi connectivity index (χ0v) is 17.6. The van der Waals surface area contributed by atoms with Gasteiger partial charge in [-0.15, -0.1) is 0 Å². The third kappa shape index (κ3) is 2.36. The van der Waals surface area contributed by atoms with E-state index in [0.29, 0.717) is 20.1 Å². The van der Waals surface area contributed by atoms with Crippen LogP contribution in [-0.2, 0) is 0 Å². The van der Waals surface area contributed by atoms with Crippen LogP contribution in [0.3, 0.4) is 0 Å². The van der Waals surface area contributed by atoms with E-state index in [-0.39, 0.29) is 0 Å². The molecule has 2 aliphatic heterocycles. The molecule has 136 valence electrons. The molecular weight excluding hydrogens is 414 g/mol. The molecule has 4 nitrogen and oxygen atoms in total. The summed E-state index contributed by atoms with van der Waals surface area (Å²) in [7, 11) is 8.05. The predicted octanol–water partition coefficient (Wildman–Crippen LogP) is 5.90. The Morgan fingerprint density at radius 3 is 0.846 bits per heavy atom. The van der Waals surface area contributed by atoms with Crippen LogP contribution in [0.1, 0.15) is 0 Å². The minimum absolute atomic E-state index is 0.534. The van der Waals surface area contributed by atoms with Gasteiger partial charge >= 0.3 is 0 Å². The SMILES string of the molecule is CN1C(=C2N(C)c3cc(Cl)c(Cl)cc3N2C)N(C)c2cc(Cl)c(Cl)cc21. The van der Waals surface area contributed by atoms with E-state index in [0.717, 1.165) is 34.4 Å². The summed E-state index contributed by atoms with van der Waals surface area (Å²) < 4.78 is 0. The number of fused-ring (bicyclic) bond motifs is 2. The van der Waals surface area contributed by atoms with Gasteiger partial charge in [0.15, 0.2) is 11.6 Å². The minimum atomic E-state index is 0.534. The van der Waals surface area contributed by atoms with Crippen molar-refractivity contribution in [2.75, 3.05) is 47.8 Å². The van der Waals surface area contributed by atoms with Crippen molar-refractivity contribution < 1.29 is 0 Å². The van der Waals surface area contributed by atoms with E-state index in [4.69, 9.17) is 46.4 Å². The number of halogens is 4. The number of nitrogens with zero attached hydrogens (tertiary/aromatic N) is 4. The van der Waals surface area contributed by atoms with Crippen LogP contribution in [-0.4, -0.2) is 28.2 Å². The topological polar surface area (TPSA) is 13.0 Å². The maximum atomic E-state index is 6.23. The lowest BCUT2D eigenvalue weighted by atomic mass is 10.2. The summed E-state index contributed by atoms with van der Waals surface area (Å²) in [6.45, 7) is 0. The van der Waals surface area contributed by atoms with Crippen LogP contribution in [0.25, 0.3) is 0 Å². The van der Waals surface area contributed by atoms with Crippen LogP contribution in [0, 0.1) is 0 Å². The Morgan fingerprint density at radius 1 is 0.462 bits per heavy atom.